The topological polar surface area (TPSA) is 33.5 Å². The van der Waals surface area contributed by atoms with Gasteiger partial charge in [-0.15, -0.1) is 11.3 Å². The van der Waals surface area contributed by atoms with Crippen LogP contribution in [0.3, 0.4) is 0 Å². The molecule has 0 radical (unpaired) electrons. The van der Waals surface area contributed by atoms with E-state index in [0.717, 1.165) is 65.7 Å². The van der Waals surface area contributed by atoms with Crippen molar-refractivity contribution >= 4 is 104 Å². The zero-order valence-corrected chi connectivity index (χ0v) is 41.6. The minimum Gasteiger partial charge on any atom is -0.310 e. The summed E-state index contributed by atoms with van der Waals surface area (Å²) < 4.78 is 2.20. The van der Waals surface area contributed by atoms with Crippen LogP contribution in [-0.2, 0) is 5.41 Å². The number of benzene rings is 11. The Hall–Kier alpha value is -9.47. The van der Waals surface area contributed by atoms with Gasteiger partial charge in [0, 0.05) is 66.1 Å². The van der Waals surface area contributed by atoms with E-state index in [9.17, 15) is 5.26 Å². The molecule has 15 rings (SSSR count). The van der Waals surface area contributed by atoms with E-state index >= 15 is 0 Å². The molecule has 2 heterocycles. The van der Waals surface area contributed by atoms with Crippen LogP contribution in [0.1, 0.15) is 33.7 Å². The van der Waals surface area contributed by atoms with Gasteiger partial charge >= 0.3 is 0 Å². The number of nitriles is 1. The zero-order valence-electron chi connectivity index (χ0n) is 40.8. The standard InChI is InChI=1S/C70H46N4S/c71-45-46-31-37-59-67(39-46)75-68-44-56(43-66(69(59)68)73(53-34-32-47-17-7-9-19-49(47)40-53)54-35-33-48-18-8-10-20-50(48)41-54)72(51-21-3-1-4-22-51)55-36-38-63-65(42-55)74(52-23-5-2-6-24-52)64-30-16-15-29-62(64)70(63)60-27-13-11-25-57(60)58-26-12-14-28-61(58)70/h1-44,57,60H. The molecule has 1 aromatic heterocycles. The van der Waals surface area contributed by atoms with Gasteiger partial charge in [0.15, 0.2) is 0 Å². The number of para-hydroxylation sites is 3. The van der Waals surface area contributed by atoms with Gasteiger partial charge in [-0.3, -0.25) is 0 Å². The molecule has 1 aliphatic heterocycles. The second-order valence-electron chi connectivity index (χ2n) is 19.9. The minimum absolute atomic E-state index is 0.171. The lowest BCUT2D eigenvalue weighted by Crippen LogP contribution is -2.40. The lowest BCUT2D eigenvalue weighted by atomic mass is 9.60. The molecule has 0 saturated heterocycles. The molecule has 12 aromatic rings. The van der Waals surface area contributed by atoms with Gasteiger partial charge in [0.05, 0.1) is 34.1 Å². The highest BCUT2D eigenvalue weighted by Crippen LogP contribution is 2.66. The Morgan fingerprint density at radius 1 is 0.440 bits per heavy atom. The molecule has 4 nitrogen and oxygen atoms in total. The Balaban J connectivity index is 1.02. The van der Waals surface area contributed by atoms with Crippen LogP contribution >= 0.6 is 11.3 Å². The quantitative estimate of drug-likeness (QED) is 0.159. The molecule has 0 amide bonds. The first-order valence-electron chi connectivity index (χ1n) is 25.7. The van der Waals surface area contributed by atoms with Crippen molar-refractivity contribution in [3.8, 4) is 6.07 Å². The van der Waals surface area contributed by atoms with Crippen molar-refractivity contribution < 1.29 is 0 Å². The van der Waals surface area contributed by atoms with Crippen LogP contribution < -0.4 is 14.7 Å². The van der Waals surface area contributed by atoms with E-state index in [1.807, 2.05) is 12.1 Å². The third-order valence-electron chi connectivity index (χ3n) is 16.0. The Bertz CT molecular complexity index is 4300. The van der Waals surface area contributed by atoms with Crippen molar-refractivity contribution in [2.75, 3.05) is 14.7 Å². The number of hydrogen-bond donors (Lipinski definition) is 0. The summed E-state index contributed by atoms with van der Waals surface area (Å²) >= 11 is 1.75. The van der Waals surface area contributed by atoms with Gasteiger partial charge < -0.3 is 14.7 Å². The molecule has 3 aliphatic rings. The number of thiophene rings is 1. The van der Waals surface area contributed by atoms with E-state index in [2.05, 4.69) is 276 Å². The van der Waals surface area contributed by atoms with Gasteiger partial charge in [-0.1, -0.05) is 176 Å². The van der Waals surface area contributed by atoms with E-state index in [1.165, 1.54) is 49.5 Å². The fourth-order valence-corrected chi connectivity index (χ4v) is 14.1. The third-order valence-corrected chi connectivity index (χ3v) is 17.1. The predicted molar refractivity (Wildman–Crippen MR) is 314 cm³/mol. The molecule has 3 unspecified atom stereocenters. The lowest BCUT2D eigenvalue weighted by Gasteiger charge is -2.48. The number of anilines is 9. The van der Waals surface area contributed by atoms with E-state index in [1.54, 1.807) is 11.3 Å². The minimum atomic E-state index is -0.457. The first-order chi connectivity index (χ1) is 37.1. The number of hydrogen-bond acceptors (Lipinski definition) is 5. The maximum absolute atomic E-state index is 10.2. The fraction of sp³-hybridized carbons (Fsp3) is 0.0429. The van der Waals surface area contributed by atoms with Crippen LogP contribution in [-0.4, -0.2) is 0 Å². The number of fused-ring (bicyclic) bond motifs is 14. The largest absolute Gasteiger partial charge is 0.310 e. The molecule has 2 aliphatic carbocycles. The highest BCUT2D eigenvalue weighted by molar-refractivity contribution is 7.26. The molecular weight excluding hydrogens is 929 g/mol. The zero-order chi connectivity index (χ0) is 49.6. The number of allylic oxidation sites excluding steroid dienone is 4. The molecule has 352 valence electrons. The average Bonchev–Trinajstić information content (AvgIpc) is 4.20. The molecule has 1 spiro atoms. The van der Waals surface area contributed by atoms with Crippen molar-refractivity contribution in [2.24, 2.45) is 5.92 Å². The van der Waals surface area contributed by atoms with Gasteiger partial charge in [-0.05, 0) is 135 Å². The summed E-state index contributed by atoms with van der Waals surface area (Å²) in [7, 11) is 0. The van der Waals surface area contributed by atoms with Crippen LogP contribution in [0.25, 0.3) is 41.7 Å². The maximum Gasteiger partial charge on any atom is 0.0992 e. The Morgan fingerprint density at radius 2 is 1.05 bits per heavy atom. The van der Waals surface area contributed by atoms with Gasteiger partial charge in [-0.2, -0.15) is 5.26 Å². The Morgan fingerprint density at radius 3 is 1.80 bits per heavy atom. The SMILES string of the molecule is N#Cc1ccc2c(c1)sc1cc(N(c3ccccc3)c3ccc4c(c3)N(c3ccccc3)c3ccccc3C43c4ccccc4C4C=CC=CC43)cc(N(c3ccc4ccccc4c3)c3ccc4ccccc4c3)c12. The summed E-state index contributed by atoms with van der Waals surface area (Å²) in [5, 5.41) is 17.2. The molecule has 75 heavy (non-hydrogen) atoms. The van der Waals surface area contributed by atoms with Crippen molar-refractivity contribution in [2.45, 2.75) is 11.3 Å². The van der Waals surface area contributed by atoms with E-state index in [-0.39, 0.29) is 11.8 Å². The fourth-order valence-electron chi connectivity index (χ4n) is 12.9. The van der Waals surface area contributed by atoms with Gasteiger partial charge in [-0.25, -0.2) is 0 Å². The lowest BCUT2D eigenvalue weighted by molar-refractivity contribution is 0.454. The second-order valence-corrected chi connectivity index (χ2v) is 21.0. The monoisotopic (exact) mass is 974 g/mol. The summed E-state index contributed by atoms with van der Waals surface area (Å²) in [6.45, 7) is 0. The van der Waals surface area contributed by atoms with Crippen LogP contribution in [0.4, 0.5) is 51.2 Å². The summed E-state index contributed by atoms with van der Waals surface area (Å²) in [5.41, 5.74) is 15.3. The Kier molecular flexibility index (Phi) is 9.82. The predicted octanol–water partition coefficient (Wildman–Crippen LogP) is 19.1. The molecule has 11 aromatic carbocycles. The molecule has 5 heteroatoms. The normalized spacial score (nSPS) is 17.0. The van der Waals surface area contributed by atoms with E-state index in [4.69, 9.17) is 0 Å². The third kappa shape index (κ3) is 6.60. The molecule has 0 saturated carbocycles. The summed E-state index contributed by atoms with van der Waals surface area (Å²) in [4.78, 5) is 7.39. The van der Waals surface area contributed by atoms with Crippen molar-refractivity contribution in [3.05, 3.63) is 295 Å². The number of nitrogens with zero attached hydrogens (tertiary/aromatic N) is 4. The second kappa shape index (κ2) is 17.1. The summed E-state index contributed by atoms with van der Waals surface area (Å²) in [5.74, 6) is 0.407. The summed E-state index contributed by atoms with van der Waals surface area (Å²) in [6.07, 6.45) is 9.37. The first-order valence-corrected chi connectivity index (χ1v) is 26.5. The van der Waals surface area contributed by atoms with Crippen LogP contribution in [0.15, 0.2) is 267 Å². The van der Waals surface area contributed by atoms with Crippen molar-refractivity contribution in [3.63, 3.8) is 0 Å². The van der Waals surface area contributed by atoms with Crippen molar-refractivity contribution in [1.82, 2.24) is 0 Å². The number of rotatable bonds is 7. The molecule has 0 N–H and O–H groups in total. The molecular formula is C70H46N4S. The molecule has 0 fully saturated rings. The van der Waals surface area contributed by atoms with Gasteiger partial charge in [0.25, 0.3) is 0 Å². The molecule has 3 atom stereocenters. The highest BCUT2D eigenvalue weighted by Gasteiger charge is 2.57. The van der Waals surface area contributed by atoms with Gasteiger partial charge in [0.1, 0.15) is 0 Å². The summed E-state index contributed by atoms with van der Waals surface area (Å²) in [6, 6.07) is 91.4. The van der Waals surface area contributed by atoms with Crippen molar-refractivity contribution in [1.29, 1.82) is 5.26 Å². The maximum atomic E-state index is 10.2. The van der Waals surface area contributed by atoms with Crippen LogP contribution in [0.2, 0.25) is 0 Å². The Labute approximate surface area is 439 Å². The van der Waals surface area contributed by atoms with E-state index < -0.39 is 5.41 Å². The van der Waals surface area contributed by atoms with Crippen LogP contribution in [0.5, 0.6) is 0 Å². The van der Waals surface area contributed by atoms with E-state index in [0.29, 0.717) is 5.56 Å². The average molecular weight is 975 g/mol. The molecule has 0 bridgehead atoms. The smallest absolute Gasteiger partial charge is 0.0992 e. The first kappa shape index (κ1) is 43.1. The van der Waals surface area contributed by atoms with Crippen LogP contribution in [0, 0.1) is 17.2 Å². The van der Waals surface area contributed by atoms with Gasteiger partial charge in [0.2, 0.25) is 0 Å². The highest BCUT2D eigenvalue weighted by atomic mass is 32.1.